The molecular weight excluding hydrogens is 571 g/mol. The molecule has 0 fully saturated rings. The van der Waals surface area contributed by atoms with Gasteiger partial charge in [-0.1, -0.05) is 0 Å². The summed E-state index contributed by atoms with van der Waals surface area (Å²) in [5.41, 5.74) is 5.36. The first-order valence-electron chi connectivity index (χ1n) is 11.6. The molecule has 0 aromatic heterocycles. The summed E-state index contributed by atoms with van der Waals surface area (Å²) in [4.78, 5) is 0. The standard InChI is InChI=1S/C29H29O2Si.2ClH.Zr/c1-5-20-14-15-24-22-11-7-6-10-21(22)18-26(24)29(20)27-19-28(25-13-9-8-12-23(25)27)30-16-17-31-32(2,3)4;;;/h5-15,19,27H,16-17H2,1-4H3;2*1H;/q;;;+2/p-2. The van der Waals surface area contributed by atoms with Crippen LogP contribution in [-0.2, 0) is 33.9 Å². The van der Waals surface area contributed by atoms with E-state index in [1.54, 1.807) is 0 Å². The van der Waals surface area contributed by atoms with E-state index >= 15 is 0 Å². The van der Waals surface area contributed by atoms with Gasteiger partial charge in [-0.25, -0.2) is 0 Å². The zero-order valence-electron chi connectivity index (χ0n) is 20.5. The Morgan fingerprint density at radius 2 is 1.54 bits per heavy atom. The molecule has 2 aliphatic carbocycles. The predicted molar refractivity (Wildman–Crippen MR) is 134 cm³/mol. The van der Waals surface area contributed by atoms with E-state index in [-0.39, 0.29) is 30.7 Å². The number of rotatable bonds is 6. The van der Waals surface area contributed by atoms with E-state index in [1.807, 2.05) is 0 Å². The van der Waals surface area contributed by atoms with Crippen LogP contribution in [0, 0.1) is 10.4 Å². The van der Waals surface area contributed by atoms with Crippen LogP contribution in [0.15, 0.2) is 66.7 Å². The van der Waals surface area contributed by atoms with Gasteiger partial charge >= 0.3 is 213 Å². The molecule has 2 aliphatic rings. The molecular formula is C29H29Cl2O2SiZr. The molecule has 3 aromatic carbocycles. The van der Waals surface area contributed by atoms with Crippen LogP contribution < -0.4 is 35.3 Å². The molecule has 0 heterocycles. The molecule has 179 valence electrons. The quantitative estimate of drug-likeness (QED) is 0.272. The Morgan fingerprint density at radius 3 is 2.26 bits per heavy atom. The van der Waals surface area contributed by atoms with Crippen molar-refractivity contribution < 1.29 is 58.7 Å². The van der Waals surface area contributed by atoms with Crippen molar-refractivity contribution in [2.24, 2.45) is 0 Å². The fourth-order valence-corrected chi connectivity index (χ4v) is 6.87. The van der Waals surface area contributed by atoms with Gasteiger partial charge in [0.25, 0.3) is 0 Å². The molecule has 1 unspecified atom stereocenters. The van der Waals surface area contributed by atoms with Crippen molar-refractivity contribution in [1.29, 1.82) is 0 Å². The average molecular weight is 600 g/mol. The molecule has 0 N–H and O–H groups in total. The van der Waals surface area contributed by atoms with Crippen molar-refractivity contribution in [3.63, 3.8) is 0 Å². The van der Waals surface area contributed by atoms with Crippen molar-refractivity contribution in [2.45, 2.75) is 32.5 Å². The third kappa shape index (κ3) is 5.33. The molecule has 2 nitrogen and oxygen atoms in total. The van der Waals surface area contributed by atoms with E-state index in [2.05, 4.69) is 99.4 Å². The van der Waals surface area contributed by atoms with Crippen molar-refractivity contribution in [3.8, 4) is 0 Å². The molecule has 3 aromatic rings. The molecule has 0 saturated carbocycles. The fraction of sp³-hybridized carbons (Fsp3) is 0.241. The van der Waals surface area contributed by atoms with Gasteiger partial charge < -0.3 is 24.8 Å². The first-order valence-corrected chi connectivity index (χ1v) is 16.3. The van der Waals surface area contributed by atoms with Crippen molar-refractivity contribution in [2.75, 3.05) is 13.2 Å². The monoisotopic (exact) mass is 597 g/mol. The fourth-order valence-electron chi connectivity index (χ4n) is 4.97. The molecule has 0 saturated heterocycles. The Kier molecular flexibility index (Phi) is 9.10. The topological polar surface area (TPSA) is 18.5 Å². The third-order valence-corrected chi connectivity index (χ3v) is 8.74. The molecule has 0 bridgehead atoms. The molecule has 0 radical (unpaired) electrons. The van der Waals surface area contributed by atoms with Crippen LogP contribution in [-0.4, -0.2) is 21.5 Å². The Balaban J connectivity index is 0.00000171. The third-order valence-electron chi connectivity index (χ3n) is 6.39. The van der Waals surface area contributed by atoms with Gasteiger partial charge in [0.1, 0.15) is 0 Å². The minimum atomic E-state index is -1.54. The second-order valence-corrected chi connectivity index (χ2v) is 15.3. The van der Waals surface area contributed by atoms with Gasteiger partial charge in [0, 0.05) is 0 Å². The SMILES string of the molecule is CC=c1ccc2c(c1C1C=C(OCCO[Si](C)(C)C)c3ccccc31)[C]([Zr+2])=c1ccccc1=2.[Cl-].[Cl-]. The van der Waals surface area contributed by atoms with Gasteiger partial charge in [-0.3, -0.25) is 0 Å². The maximum atomic E-state index is 6.31. The van der Waals surface area contributed by atoms with E-state index in [0.717, 1.165) is 5.76 Å². The van der Waals surface area contributed by atoms with Crippen LogP contribution in [0.1, 0.15) is 35.1 Å². The number of fused-ring (bicyclic) bond motifs is 3. The number of allylic oxidation sites excluding steroid dienone is 1. The number of hydrogen-bond donors (Lipinski definition) is 0. The second kappa shape index (κ2) is 11.3. The predicted octanol–water partition coefficient (Wildman–Crippen LogP) is -0.847. The maximum Gasteiger partial charge on any atom is -1.00 e. The Bertz CT molecular complexity index is 1490. The van der Waals surface area contributed by atoms with Gasteiger partial charge in [0.2, 0.25) is 0 Å². The number of benzene rings is 3. The molecule has 0 amide bonds. The Hall–Kier alpha value is -1.42. The van der Waals surface area contributed by atoms with Crippen LogP contribution >= 0.6 is 0 Å². The number of hydrogen-bond acceptors (Lipinski definition) is 2. The summed E-state index contributed by atoms with van der Waals surface area (Å²) in [5, 5.41) is 5.41. The zero-order valence-corrected chi connectivity index (χ0v) is 25.5. The Morgan fingerprint density at radius 1 is 0.857 bits per heavy atom. The van der Waals surface area contributed by atoms with Crippen LogP contribution in [0.25, 0.3) is 15.1 Å². The van der Waals surface area contributed by atoms with E-state index in [1.165, 1.54) is 71.1 Å². The van der Waals surface area contributed by atoms with Crippen LogP contribution in [0.2, 0.25) is 19.6 Å². The molecule has 6 heteroatoms. The average Bonchev–Trinajstić information content (AvgIpc) is 3.31. The van der Waals surface area contributed by atoms with Gasteiger partial charge in [-0.15, -0.1) is 0 Å². The molecule has 5 rings (SSSR count). The van der Waals surface area contributed by atoms with Crippen LogP contribution in [0.4, 0.5) is 0 Å². The van der Waals surface area contributed by atoms with Crippen LogP contribution in [0.3, 0.4) is 0 Å². The summed E-state index contributed by atoms with van der Waals surface area (Å²) < 4.78 is 13.8. The minimum Gasteiger partial charge on any atom is -1.00 e. The minimum absolute atomic E-state index is 0. The van der Waals surface area contributed by atoms with Gasteiger partial charge in [-0.2, -0.15) is 0 Å². The molecule has 0 spiro atoms. The first-order chi connectivity index (χ1) is 15.9. The van der Waals surface area contributed by atoms with E-state index in [0.29, 0.717) is 13.2 Å². The van der Waals surface area contributed by atoms with Crippen molar-refractivity contribution >= 4 is 23.4 Å². The van der Waals surface area contributed by atoms with Crippen LogP contribution in [0.5, 0.6) is 0 Å². The first kappa shape index (κ1) is 28.2. The molecule has 35 heavy (non-hydrogen) atoms. The smallest absolute Gasteiger partial charge is 1.00 e. The molecule has 1 atom stereocenters. The Labute approximate surface area is 236 Å². The van der Waals surface area contributed by atoms with E-state index in [4.69, 9.17) is 9.16 Å². The van der Waals surface area contributed by atoms with Gasteiger partial charge in [-0.05, 0) is 0 Å². The van der Waals surface area contributed by atoms with E-state index < -0.39 is 8.32 Å². The van der Waals surface area contributed by atoms with E-state index in [9.17, 15) is 0 Å². The number of halogens is 2. The maximum absolute atomic E-state index is 6.31. The molecule has 0 aliphatic heterocycles. The number of ether oxygens (including phenoxy) is 1. The summed E-state index contributed by atoms with van der Waals surface area (Å²) in [6.07, 6.45) is 4.58. The summed E-state index contributed by atoms with van der Waals surface area (Å²) in [6.45, 7) is 10.0. The van der Waals surface area contributed by atoms with Gasteiger partial charge in [0.15, 0.2) is 0 Å². The van der Waals surface area contributed by atoms with Crippen molar-refractivity contribution in [3.05, 3.63) is 110 Å². The summed E-state index contributed by atoms with van der Waals surface area (Å²) >= 11 is 1.45. The largest absolute Gasteiger partial charge is 1.00 e. The van der Waals surface area contributed by atoms with Gasteiger partial charge in [0.05, 0.1) is 0 Å². The zero-order chi connectivity index (χ0) is 23.2. The second-order valence-electron chi connectivity index (χ2n) is 9.61. The summed E-state index contributed by atoms with van der Waals surface area (Å²) in [6, 6.07) is 22.1. The summed E-state index contributed by atoms with van der Waals surface area (Å²) in [7, 11) is -1.54. The van der Waals surface area contributed by atoms with Crippen molar-refractivity contribution in [1.82, 2.24) is 0 Å². The normalized spacial score (nSPS) is 16.1. The summed E-state index contributed by atoms with van der Waals surface area (Å²) in [5.74, 6) is 1.16.